The minimum absolute atomic E-state index is 0.000472. The lowest BCUT2D eigenvalue weighted by Crippen LogP contribution is -2.30. The first-order chi connectivity index (χ1) is 15.9. The number of carbonyl (C=O) groups is 2. The average Bonchev–Trinajstić information content (AvgIpc) is 2.64. The molecule has 8 nitrogen and oxygen atoms in total. The van der Waals surface area contributed by atoms with Gasteiger partial charge in [0.15, 0.2) is 0 Å². The molecule has 2 rings (SSSR count). The summed E-state index contributed by atoms with van der Waals surface area (Å²) in [4.78, 5) is 25.6. The van der Waals surface area contributed by atoms with Crippen LogP contribution in [0.2, 0.25) is 58.9 Å². The predicted molar refractivity (Wildman–Crippen MR) is 144 cm³/mol. The highest BCUT2D eigenvalue weighted by atomic mass is 31.2. The number of rotatable bonds is 10. The van der Waals surface area contributed by atoms with Gasteiger partial charge in [-0.15, -0.1) is 0 Å². The molecule has 0 saturated carbocycles. The monoisotopic (exact) mass is 554 g/mol. The average molecular weight is 555 g/mol. The van der Waals surface area contributed by atoms with E-state index in [2.05, 4.69) is 0 Å². The Hall–Kier alpha value is -2.18. The summed E-state index contributed by atoms with van der Waals surface area (Å²) in [6.45, 7) is 16.8. The van der Waals surface area contributed by atoms with Crippen LogP contribution in [0.25, 0.3) is 0 Å². The van der Waals surface area contributed by atoms with E-state index in [-0.39, 0.29) is 22.6 Å². The second-order valence-corrected chi connectivity index (χ2v) is 25.9. The lowest BCUT2D eigenvalue weighted by atomic mass is 10.2. The molecule has 0 aliphatic carbocycles. The molecule has 0 saturated heterocycles. The zero-order valence-electron chi connectivity index (χ0n) is 21.8. The molecule has 12 heteroatoms. The molecule has 0 spiro atoms. The molecule has 0 radical (unpaired) electrons. The molecule has 0 bridgehead atoms. The van der Waals surface area contributed by atoms with Gasteiger partial charge in [0.1, 0.15) is 22.6 Å². The Morgan fingerprint density at radius 2 is 0.943 bits per heavy atom. The highest BCUT2D eigenvalue weighted by molar-refractivity contribution is 7.51. The first-order valence-corrected chi connectivity index (χ1v) is 22.9. The third-order valence-electron chi connectivity index (χ3n) is 3.82. The smallest absolute Gasteiger partial charge is 0.516 e. The molecule has 0 aromatic heterocycles. The first kappa shape index (κ1) is 29.1. The van der Waals surface area contributed by atoms with Crippen LogP contribution in [-0.4, -0.2) is 36.9 Å². The number of para-hydroxylation sites is 2. The van der Waals surface area contributed by atoms with Gasteiger partial charge in [0.25, 0.3) is 0 Å². The summed E-state index contributed by atoms with van der Waals surface area (Å²) >= 11 is 0. The Balaban J connectivity index is 2.48. The molecule has 35 heavy (non-hydrogen) atoms. The van der Waals surface area contributed by atoms with Gasteiger partial charge in [-0.2, -0.15) is 0 Å². The van der Waals surface area contributed by atoms with Gasteiger partial charge in [-0.3, -0.25) is 0 Å². The van der Waals surface area contributed by atoms with Gasteiger partial charge in [0.05, 0.1) is 0 Å². The van der Waals surface area contributed by atoms with E-state index in [9.17, 15) is 14.2 Å². The Bertz CT molecular complexity index is 1040. The van der Waals surface area contributed by atoms with Gasteiger partial charge >= 0.3 is 19.8 Å². The second kappa shape index (κ2) is 10.8. The van der Waals surface area contributed by atoms with E-state index in [4.69, 9.17) is 22.1 Å². The highest BCUT2D eigenvalue weighted by Crippen LogP contribution is 2.53. The Morgan fingerprint density at radius 3 is 1.26 bits per heavy atom. The van der Waals surface area contributed by atoms with E-state index in [1.165, 1.54) is 24.3 Å². The number of hydrogen-bond acceptors (Lipinski definition) is 8. The minimum Gasteiger partial charge on any atom is -0.516 e. The SMILES string of the molecule is C[Si](C)(C)OC(=O)c1ccccc1OP(=O)(Oc1ccccc1C(=O)O[Si](C)(C)C)O[Si](C)(C)C. The Labute approximate surface area is 210 Å². The molecule has 2 aromatic rings. The van der Waals surface area contributed by atoms with Crippen LogP contribution in [0.15, 0.2) is 48.5 Å². The van der Waals surface area contributed by atoms with Gasteiger partial charge in [-0.1, -0.05) is 24.3 Å². The zero-order valence-corrected chi connectivity index (χ0v) is 25.7. The molecule has 192 valence electrons. The van der Waals surface area contributed by atoms with Crippen molar-refractivity contribution in [1.29, 1.82) is 0 Å². The van der Waals surface area contributed by atoms with E-state index >= 15 is 0 Å². The van der Waals surface area contributed by atoms with Crippen LogP contribution >= 0.6 is 7.82 Å². The number of carbonyl (C=O) groups excluding carboxylic acids is 2. The highest BCUT2D eigenvalue weighted by Gasteiger charge is 2.39. The van der Waals surface area contributed by atoms with Crippen molar-refractivity contribution in [2.75, 3.05) is 0 Å². The molecule has 0 unspecified atom stereocenters. The quantitative estimate of drug-likeness (QED) is 0.227. The molecule has 0 fully saturated rings. The zero-order chi connectivity index (χ0) is 26.7. The fourth-order valence-corrected chi connectivity index (χ4v) is 7.88. The maximum absolute atomic E-state index is 14.0. The van der Waals surface area contributed by atoms with Crippen molar-refractivity contribution in [3.63, 3.8) is 0 Å². The van der Waals surface area contributed by atoms with E-state index in [1.807, 2.05) is 58.9 Å². The fourth-order valence-electron chi connectivity index (χ4n) is 2.73. The van der Waals surface area contributed by atoms with E-state index < -0.39 is 44.7 Å². The van der Waals surface area contributed by atoms with Crippen LogP contribution < -0.4 is 9.05 Å². The summed E-state index contributed by atoms with van der Waals surface area (Å²) in [5.41, 5.74) is 0.203. The molecule has 0 amide bonds. The number of phosphoric ester groups is 1. The first-order valence-electron chi connectivity index (χ1n) is 11.2. The third kappa shape index (κ3) is 9.77. The summed E-state index contributed by atoms with van der Waals surface area (Å²) in [6.07, 6.45) is 0. The van der Waals surface area contributed by atoms with Crippen LogP contribution in [0.1, 0.15) is 20.7 Å². The van der Waals surface area contributed by atoms with Crippen molar-refractivity contribution < 1.29 is 36.3 Å². The lowest BCUT2D eigenvalue weighted by Gasteiger charge is -2.27. The summed E-state index contributed by atoms with van der Waals surface area (Å²) in [7, 11) is -11.3. The van der Waals surface area contributed by atoms with E-state index in [0.717, 1.165) is 0 Å². The number of hydrogen-bond donors (Lipinski definition) is 0. The molecule has 0 atom stereocenters. The summed E-state index contributed by atoms with van der Waals surface area (Å²) in [6, 6.07) is 12.6. The van der Waals surface area contributed by atoms with Crippen molar-refractivity contribution in [2.24, 2.45) is 0 Å². The summed E-state index contributed by atoms with van der Waals surface area (Å²) in [5.74, 6) is -1.17. The molecule has 0 N–H and O–H groups in total. The Morgan fingerprint density at radius 1 is 0.600 bits per heavy atom. The topological polar surface area (TPSA) is 97.4 Å². The van der Waals surface area contributed by atoms with E-state index in [0.29, 0.717) is 0 Å². The van der Waals surface area contributed by atoms with Crippen LogP contribution in [0.4, 0.5) is 0 Å². The van der Waals surface area contributed by atoms with Gasteiger partial charge in [-0.05, 0) is 83.2 Å². The molecular weight excluding hydrogens is 519 g/mol. The molecule has 0 heterocycles. The maximum atomic E-state index is 14.0. The fraction of sp³-hybridized carbons (Fsp3) is 0.391. The molecule has 0 aliphatic heterocycles. The standard InChI is InChI=1S/C23H35O8PSi3/c1-33(2,3)29-22(24)18-14-10-12-16-20(18)27-32(26,31-35(7,8)9)28-21-17-13-11-15-19(21)23(25)30-34(4,5)6/h10-17H,1-9H3. The van der Waals surface area contributed by atoms with Crippen molar-refractivity contribution in [2.45, 2.75) is 58.9 Å². The largest absolute Gasteiger partial charge is 0.577 e. The lowest BCUT2D eigenvalue weighted by molar-refractivity contribution is 0.0712. The number of phosphoric acid groups is 1. The van der Waals surface area contributed by atoms with Gasteiger partial charge in [-0.25, -0.2) is 14.2 Å². The maximum Gasteiger partial charge on any atom is 0.577 e. The molecular formula is C23H35O8PSi3. The van der Waals surface area contributed by atoms with Gasteiger partial charge < -0.3 is 22.1 Å². The summed E-state index contributed by atoms with van der Waals surface area (Å²) < 4.78 is 42.6. The predicted octanol–water partition coefficient (Wildman–Crippen LogP) is 7.09. The van der Waals surface area contributed by atoms with Crippen LogP contribution in [0, 0.1) is 0 Å². The second-order valence-electron chi connectivity index (χ2n) is 10.8. The van der Waals surface area contributed by atoms with Crippen molar-refractivity contribution in [1.82, 2.24) is 0 Å². The van der Waals surface area contributed by atoms with Gasteiger partial charge in [0, 0.05) is 0 Å². The normalized spacial score (nSPS) is 12.6. The molecule has 0 aliphatic rings. The number of benzene rings is 2. The third-order valence-corrected chi connectivity index (χ3v) is 9.34. The van der Waals surface area contributed by atoms with E-state index in [1.54, 1.807) is 24.3 Å². The van der Waals surface area contributed by atoms with Crippen LogP contribution in [0.3, 0.4) is 0 Å². The molecule has 2 aromatic carbocycles. The van der Waals surface area contributed by atoms with Crippen molar-refractivity contribution >= 4 is 44.7 Å². The van der Waals surface area contributed by atoms with Crippen molar-refractivity contribution in [3.05, 3.63) is 59.7 Å². The van der Waals surface area contributed by atoms with Crippen molar-refractivity contribution in [3.8, 4) is 11.5 Å². The minimum atomic E-state index is -4.35. The Kier molecular flexibility index (Phi) is 8.99. The van der Waals surface area contributed by atoms with Gasteiger partial charge in [0.2, 0.25) is 25.0 Å². The van der Waals surface area contributed by atoms with Crippen LogP contribution in [-0.2, 0) is 17.6 Å². The summed E-state index contributed by atoms with van der Waals surface area (Å²) in [5, 5.41) is 0. The van der Waals surface area contributed by atoms with Crippen LogP contribution in [0.5, 0.6) is 11.5 Å².